The highest BCUT2D eigenvalue weighted by molar-refractivity contribution is 6.00. The van der Waals surface area contributed by atoms with Gasteiger partial charge in [0.2, 0.25) is 11.7 Å². The molecule has 2 aromatic carbocycles. The maximum absolute atomic E-state index is 12.4. The van der Waals surface area contributed by atoms with Gasteiger partial charge in [0.15, 0.2) is 11.0 Å². The van der Waals surface area contributed by atoms with Crippen molar-refractivity contribution < 1.29 is 18.7 Å². The van der Waals surface area contributed by atoms with Crippen LogP contribution in [0.4, 0.5) is 5.69 Å². The number of esters is 1. The van der Waals surface area contributed by atoms with E-state index in [1.54, 1.807) is 25.1 Å². The quantitative estimate of drug-likeness (QED) is 0.455. The van der Waals surface area contributed by atoms with Gasteiger partial charge in [-0.2, -0.15) is 0 Å². The third-order valence-electron chi connectivity index (χ3n) is 4.47. The molecule has 6 nitrogen and oxygen atoms in total. The Kier molecular flexibility index (Phi) is 6.79. The van der Waals surface area contributed by atoms with Crippen molar-refractivity contribution in [2.45, 2.75) is 32.6 Å². The molecule has 1 aromatic heterocycles. The van der Waals surface area contributed by atoms with Crippen LogP contribution in [0.1, 0.15) is 42.3 Å². The molecule has 0 aliphatic rings. The Hall–Kier alpha value is -3.41. The van der Waals surface area contributed by atoms with Crippen molar-refractivity contribution in [3.05, 3.63) is 76.1 Å². The number of rotatable bonds is 8. The minimum atomic E-state index is -0.714. The first-order chi connectivity index (χ1) is 14.1. The molecule has 0 saturated heterocycles. The number of para-hydroxylation sites is 1. The molecule has 3 rings (SSSR count). The fourth-order valence-electron chi connectivity index (χ4n) is 3.05. The van der Waals surface area contributed by atoms with Crippen LogP contribution in [0.15, 0.2) is 63.8 Å². The minimum Gasteiger partial charge on any atom is -0.460 e. The second kappa shape index (κ2) is 9.68. The van der Waals surface area contributed by atoms with E-state index < -0.39 is 5.97 Å². The van der Waals surface area contributed by atoms with E-state index in [0.29, 0.717) is 17.5 Å². The standard InChI is InChI=1S/C23H23NO5/c1-2-28-23(27)20-15-19(25)17-12-8-13-18(22(17)29-20)24-21(26)14-7-6-11-16-9-4-3-5-10-16/h3-5,8-10,12-13,15H,2,6-7,11,14H2,1H3,(H,24,26). The largest absolute Gasteiger partial charge is 0.460 e. The molecule has 1 heterocycles. The Morgan fingerprint density at radius 2 is 1.83 bits per heavy atom. The number of carbonyl (C=O) groups excluding carboxylic acids is 2. The molecule has 0 bridgehead atoms. The Morgan fingerprint density at radius 1 is 1.03 bits per heavy atom. The molecular weight excluding hydrogens is 370 g/mol. The summed E-state index contributed by atoms with van der Waals surface area (Å²) in [4.78, 5) is 36.6. The number of fused-ring (bicyclic) bond motifs is 1. The van der Waals surface area contributed by atoms with Crippen LogP contribution < -0.4 is 10.7 Å². The molecule has 0 atom stereocenters. The second-order valence-corrected chi connectivity index (χ2v) is 6.62. The van der Waals surface area contributed by atoms with Gasteiger partial charge in [0.05, 0.1) is 17.7 Å². The number of benzene rings is 2. The molecule has 3 aromatic rings. The summed E-state index contributed by atoms with van der Waals surface area (Å²) in [6.45, 7) is 1.84. The number of anilines is 1. The number of aryl methyl sites for hydroxylation is 1. The van der Waals surface area contributed by atoms with Crippen LogP contribution in [-0.2, 0) is 16.0 Å². The zero-order valence-corrected chi connectivity index (χ0v) is 16.3. The number of hydrogen-bond donors (Lipinski definition) is 1. The lowest BCUT2D eigenvalue weighted by atomic mass is 10.1. The fourth-order valence-corrected chi connectivity index (χ4v) is 3.05. The Morgan fingerprint density at radius 3 is 2.59 bits per heavy atom. The third-order valence-corrected chi connectivity index (χ3v) is 4.47. The van der Waals surface area contributed by atoms with Gasteiger partial charge < -0.3 is 14.5 Å². The molecule has 0 unspecified atom stereocenters. The SMILES string of the molecule is CCOC(=O)c1cc(=O)c2cccc(NC(=O)CCCCc3ccccc3)c2o1. The summed E-state index contributed by atoms with van der Waals surface area (Å²) >= 11 is 0. The van der Waals surface area contributed by atoms with E-state index in [9.17, 15) is 14.4 Å². The lowest BCUT2D eigenvalue weighted by Crippen LogP contribution is -2.14. The van der Waals surface area contributed by atoms with Gasteiger partial charge in [-0.3, -0.25) is 9.59 Å². The molecule has 29 heavy (non-hydrogen) atoms. The van der Waals surface area contributed by atoms with Gasteiger partial charge in [0.25, 0.3) is 0 Å². The molecule has 6 heteroatoms. The van der Waals surface area contributed by atoms with Crippen LogP contribution in [0.5, 0.6) is 0 Å². The Labute approximate surface area is 168 Å². The number of nitrogens with one attached hydrogen (secondary N) is 1. The monoisotopic (exact) mass is 393 g/mol. The number of ether oxygens (including phenoxy) is 1. The van der Waals surface area contributed by atoms with Crippen molar-refractivity contribution in [1.29, 1.82) is 0 Å². The van der Waals surface area contributed by atoms with Crippen molar-refractivity contribution in [2.24, 2.45) is 0 Å². The molecule has 0 aliphatic carbocycles. The Bertz CT molecular complexity index is 1060. The van der Waals surface area contributed by atoms with E-state index in [1.807, 2.05) is 18.2 Å². The highest BCUT2D eigenvalue weighted by Gasteiger charge is 2.16. The van der Waals surface area contributed by atoms with Gasteiger partial charge in [-0.25, -0.2) is 4.79 Å². The highest BCUT2D eigenvalue weighted by Crippen LogP contribution is 2.23. The summed E-state index contributed by atoms with van der Waals surface area (Å²) in [5, 5.41) is 3.08. The first kappa shape index (κ1) is 20.3. The van der Waals surface area contributed by atoms with Crippen molar-refractivity contribution in [3.63, 3.8) is 0 Å². The fraction of sp³-hybridized carbons (Fsp3) is 0.261. The molecule has 0 spiro atoms. The van der Waals surface area contributed by atoms with Crippen LogP contribution in [0.2, 0.25) is 0 Å². The molecule has 1 N–H and O–H groups in total. The number of carbonyl (C=O) groups is 2. The molecule has 1 amide bonds. The predicted octanol–water partition coefficient (Wildman–Crippen LogP) is 4.32. The molecule has 0 fully saturated rings. The average Bonchev–Trinajstić information content (AvgIpc) is 2.72. The van der Waals surface area contributed by atoms with Crippen LogP contribution in [-0.4, -0.2) is 18.5 Å². The number of hydrogen-bond acceptors (Lipinski definition) is 5. The van der Waals surface area contributed by atoms with Gasteiger partial charge in [-0.15, -0.1) is 0 Å². The summed E-state index contributed by atoms with van der Waals surface area (Å²) in [5.41, 5.74) is 1.41. The van der Waals surface area contributed by atoms with E-state index in [4.69, 9.17) is 9.15 Å². The van der Waals surface area contributed by atoms with Crippen LogP contribution in [0.25, 0.3) is 11.0 Å². The van der Waals surface area contributed by atoms with Gasteiger partial charge in [-0.05, 0) is 43.9 Å². The molecule has 0 aliphatic heterocycles. The van der Waals surface area contributed by atoms with Crippen LogP contribution >= 0.6 is 0 Å². The van der Waals surface area contributed by atoms with Crippen molar-refractivity contribution in [3.8, 4) is 0 Å². The van der Waals surface area contributed by atoms with E-state index in [1.165, 1.54) is 5.56 Å². The van der Waals surface area contributed by atoms with Crippen LogP contribution in [0, 0.1) is 0 Å². The maximum atomic E-state index is 12.4. The molecule has 0 saturated carbocycles. The molecular formula is C23H23NO5. The summed E-state index contributed by atoms with van der Waals surface area (Å²) in [7, 11) is 0. The van der Waals surface area contributed by atoms with Gasteiger partial charge in [-0.1, -0.05) is 36.4 Å². The summed E-state index contributed by atoms with van der Waals surface area (Å²) in [6, 6.07) is 16.1. The highest BCUT2D eigenvalue weighted by atomic mass is 16.5. The van der Waals surface area contributed by atoms with Gasteiger partial charge in [0, 0.05) is 12.5 Å². The molecule has 0 radical (unpaired) electrons. The summed E-state index contributed by atoms with van der Waals surface area (Å²) in [5.74, 6) is -1.07. The van der Waals surface area contributed by atoms with Crippen molar-refractivity contribution in [1.82, 2.24) is 0 Å². The number of amides is 1. The Balaban J connectivity index is 1.67. The summed E-state index contributed by atoms with van der Waals surface area (Å²) < 4.78 is 10.5. The topological polar surface area (TPSA) is 85.6 Å². The predicted molar refractivity (Wildman–Crippen MR) is 111 cm³/mol. The van der Waals surface area contributed by atoms with Crippen LogP contribution in [0.3, 0.4) is 0 Å². The van der Waals surface area contributed by atoms with E-state index in [2.05, 4.69) is 17.4 Å². The van der Waals surface area contributed by atoms with Crippen molar-refractivity contribution >= 4 is 28.5 Å². The maximum Gasteiger partial charge on any atom is 0.374 e. The smallest absolute Gasteiger partial charge is 0.374 e. The zero-order chi connectivity index (χ0) is 20.6. The third kappa shape index (κ3) is 5.31. The van der Waals surface area contributed by atoms with E-state index in [-0.39, 0.29) is 29.3 Å². The average molecular weight is 393 g/mol. The second-order valence-electron chi connectivity index (χ2n) is 6.62. The van der Waals surface area contributed by atoms with Gasteiger partial charge in [0.1, 0.15) is 0 Å². The van der Waals surface area contributed by atoms with E-state index >= 15 is 0 Å². The number of unbranched alkanes of at least 4 members (excludes halogenated alkanes) is 1. The lowest BCUT2D eigenvalue weighted by molar-refractivity contribution is -0.116. The van der Waals surface area contributed by atoms with Gasteiger partial charge >= 0.3 is 5.97 Å². The first-order valence-electron chi connectivity index (χ1n) is 9.66. The normalized spacial score (nSPS) is 10.7. The van der Waals surface area contributed by atoms with E-state index in [0.717, 1.165) is 25.3 Å². The summed E-state index contributed by atoms with van der Waals surface area (Å²) in [6.07, 6.45) is 2.91. The first-order valence-corrected chi connectivity index (χ1v) is 9.66. The zero-order valence-electron chi connectivity index (χ0n) is 16.3. The lowest BCUT2D eigenvalue weighted by Gasteiger charge is -2.09. The minimum absolute atomic E-state index is 0.167. The van der Waals surface area contributed by atoms with Crippen molar-refractivity contribution in [2.75, 3.05) is 11.9 Å². The molecule has 150 valence electrons.